The van der Waals surface area contributed by atoms with Gasteiger partial charge in [-0.3, -0.25) is 10.9 Å². The molecule has 1 saturated heterocycles. The molecule has 2 atom stereocenters. The van der Waals surface area contributed by atoms with Gasteiger partial charge in [-0.15, -0.1) is 0 Å². The second-order valence-electron chi connectivity index (χ2n) is 2.38. The van der Waals surface area contributed by atoms with Crippen LogP contribution in [-0.4, -0.2) is 25.3 Å². The highest BCUT2D eigenvalue weighted by atomic mass is 16.6. The maximum absolute atomic E-state index is 5.27. The minimum Gasteiger partial charge on any atom is -0.490 e. The molecule has 1 fully saturated rings. The summed E-state index contributed by atoms with van der Waals surface area (Å²) in [6.07, 6.45) is 3.53. The van der Waals surface area contributed by atoms with Crippen LogP contribution in [0.15, 0.2) is 12.5 Å². The van der Waals surface area contributed by atoms with Crippen molar-refractivity contribution in [2.24, 2.45) is 0 Å². The second-order valence-corrected chi connectivity index (χ2v) is 2.38. The zero-order valence-electron chi connectivity index (χ0n) is 5.54. The van der Waals surface area contributed by atoms with E-state index in [1.54, 1.807) is 12.5 Å². The van der Waals surface area contributed by atoms with Gasteiger partial charge in [0, 0.05) is 0 Å². The molecule has 4 heteroatoms. The van der Waals surface area contributed by atoms with Crippen LogP contribution < -0.4 is 10.9 Å². The fourth-order valence-corrected chi connectivity index (χ4v) is 1.15. The first-order valence-corrected chi connectivity index (χ1v) is 3.38. The fraction of sp³-hybridized carbons (Fsp3) is 0.667. The molecule has 0 aromatic rings. The Morgan fingerprint density at radius 3 is 2.00 bits per heavy atom. The highest BCUT2D eigenvalue weighted by Gasteiger charge is 2.28. The first-order chi connectivity index (χ1) is 4.97. The lowest BCUT2D eigenvalue weighted by atomic mass is 10.2. The zero-order chi connectivity index (χ0) is 6.81. The van der Waals surface area contributed by atoms with Crippen molar-refractivity contribution >= 4 is 0 Å². The standard InChI is InChI=1S/C6H10N2O2/c1-2-10-6-4-8-7-3-5(6)9-1/h1-2,5-8H,3-4H2. The van der Waals surface area contributed by atoms with E-state index in [4.69, 9.17) is 9.47 Å². The van der Waals surface area contributed by atoms with E-state index in [9.17, 15) is 0 Å². The van der Waals surface area contributed by atoms with Gasteiger partial charge in [-0.2, -0.15) is 0 Å². The molecule has 2 rings (SSSR count). The molecule has 2 aliphatic heterocycles. The molecule has 4 nitrogen and oxygen atoms in total. The summed E-state index contributed by atoms with van der Waals surface area (Å²) in [5.74, 6) is 0. The van der Waals surface area contributed by atoms with Crippen LogP contribution in [-0.2, 0) is 9.47 Å². The highest BCUT2D eigenvalue weighted by Crippen LogP contribution is 2.11. The SMILES string of the molecule is C1=COC2CNNCC2O1. The van der Waals surface area contributed by atoms with Crippen molar-refractivity contribution < 1.29 is 9.47 Å². The largest absolute Gasteiger partial charge is 0.490 e. The summed E-state index contributed by atoms with van der Waals surface area (Å²) < 4.78 is 10.5. The van der Waals surface area contributed by atoms with E-state index in [0.717, 1.165) is 13.1 Å². The lowest BCUT2D eigenvalue weighted by Crippen LogP contribution is -2.56. The van der Waals surface area contributed by atoms with Gasteiger partial charge in [0.05, 0.1) is 13.1 Å². The number of fused-ring (bicyclic) bond motifs is 1. The van der Waals surface area contributed by atoms with Crippen LogP contribution in [0.2, 0.25) is 0 Å². The van der Waals surface area contributed by atoms with Crippen LogP contribution in [0.4, 0.5) is 0 Å². The Morgan fingerprint density at radius 2 is 1.50 bits per heavy atom. The summed E-state index contributed by atoms with van der Waals surface area (Å²) in [5, 5.41) is 0. The third-order valence-corrected chi connectivity index (χ3v) is 1.71. The van der Waals surface area contributed by atoms with Gasteiger partial charge >= 0.3 is 0 Å². The van der Waals surface area contributed by atoms with Crippen LogP contribution in [0, 0.1) is 0 Å². The lowest BCUT2D eigenvalue weighted by Gasteiger charge is -2.33. The third-order valence-electron chi connectivity index (χ3n) is 1.71. The van der Waals surface area contributed by atoms with Crippen molar-refractivity contribution in [3.63, 3.8) is 0 Å². The van der Waals surface area contributed by atoms with Crippen molar-refractivity contribution in [1.82, 2.24) is 10.9 Å². The van der Waals surface area contributed by atoms with Crippen molar-refractivity contribution in [2.75, 3.05) is 13.1 Å². The Morgan fingerprint density at radius 1 is 1.00 bits per heavy atom. The number of rotatable bonds is 0. The summed E-state index contributed by atoms with van der Waals surface area (Å²) in [6.45, 7) is 1.60. The molecular weight excluding hydrogens is 132 g/mol. The van der Waals surface area contributed by atoms with Gasteiger partial charge in [0.25, 0.3) is 0 Å². The van der Waals surface area contributed by atoms with Crippen molar-refractivity contribution in [3.05, 3.63) is 12.5 Å². The van der Waals surface area contributed by atoms with Gasteiger partial charge in [0.15, 0.2) is 0 Å². The van der Waals surface area contributed by atoms with E-state index in [2.05, 4.69) is 10.9 Å². The number of nitrogens with one attached hydrogen (secondary N) is 2. The quantitative estimate of drug-likeness (QED) is 0.471. The van der Waals surface area contributed by atoms with Crippen LogP contribution in [0.1, 0.15) is 0 Å². The summed E-state index contributed by atoms with van der Waals surface area (Å²) in [7, 11) is 0. The van der Waals surface area contributed by atoms with Gasteiger partial charge in [-0.05, 0) is 0 Å². The van der Waals surface area contributed by atoms with Crippen molar-refractivity contribution in [2.45, 2.75) is 12.2 Å². The van der Waals surface area contributed by atoms with Gasteiger partial charge in [-0.25, -0.2) is 0 Å². The Kier molecular flexibility index (Phi) is 1.49. The molecule has 2 heterocycles. The Bertz CT molecular complexity index is 133. The molecule has 0 aromatic carbocycles. The van der Waals surface area contributed by atoms with Gasteiger partial charge in [0.2, 0.25) is 0 Å². The smallest absolute Gasteiger partial charge is 0.150 e. The molecule has 0 amide bonds. The van der Waals surface area contributed by atoms with Crippen molar-refractivity contribution in [1.29, 1.82) is 0 Å². The predicted octanol–water partition coefficient (Wildman–Crippen LogP) is -0.651. The van der Waals surface area contributed by atoms with Gasteiger partial charge in [0.1, 0.15) is 24.7 Å². The van der Waals surface area contributed by atoms with Crippen LogP contribution in [0.25, 0.3) is 0 Å². The summed E-state index contributed by atoms with van der Waals surface area (Å²) >= 11 is 0. The predicted molar refractivity (Wildman–Crippen MR) is 34.9 cm³/mol. The average molecular weight is 142 g/mol. The molecule has 2 N–H and O–H groups in total. The summed E-state index contributed by atoms with van der Waals surface area (Å²) in [4.78, 5) is 0. The van der Waals surface area contributed by atoms with E-state index in [-0.39, 0.29) is 12.2 Å². The molecule has 2 aliphatic rings. The van der Waals surface area contributed by atoms with Crippen molar-refractivity contribution in [3.8, 4) is 0 Å². The topological polar surface area (TPSA) is 42.5 Å². The summed E-state index contributed by atoms with van der Waals surface area (Å²) in [6, 6.07) is 0. The molecule has 0 bridgehead atoms. The van der Waals surface area contributed by atoms with E-state index in [0.29, 0.717) is 0 Å². The maximum atomic E-state index is 5.27. The maximum Gasteiger partial charge on any atom is 0.150 e. The summed E-state index contributed by atoms with van der Waals surface area (Å²) in [5.41, 5.74) is 5.99. The van der Waals surface area contributed by atoms with E-state index in [1.807, 2.05) is 0 Å². The first-order valence-electron chi connectivity index (χ1n) is 3.38. The molecule has 0 aliphatic carbocycles. The van der Waals surface area contributed by atoms with E-state index < -0.39 is 0 Å². The Labute approximate surface area is 59.2 Å². The zero-order valence-corrected chi connectivity index (χ0v) is 5.54. The first kappa shape index (κ1) is 6.00. The molecule has 0 saturated carbocycles. The Balaban J connectivity index is 2.01. The molecule has 0 radical (unpaired) electrons. The molecular formula is C6H10N2O2. The van der Waals surface area contributed by atoms with Gasteiger partial charge in [-0.1, -0.05) is 0 Å². The monoisotopic (exact) mass is 142 g/mol. The number of hydrogen-bond acceptors (Lipinski definition) is 4. The number of ether oxygens (including phenoxy) is 2. The lowest BCUT2D eigenvalue weighted by molar-refractivity contribution is -0.0480. The molecule has 2 unspecified atom stereocenters. The van der Waals surface area contributed by atoms with Crippen LogP contribution >= 0.6 is 0 Å². The molecule has 56 valence electrons. The average Bonchev–Trinajstić information content (AvgIpc) is 2.05. The van der Waals surface area contributed by atoms with Crippen LogP contribution in [0.3, 0.4) is 0 Å². The Hall–Kier alpha value is -0.740. The minimum absolute atomic E-state index is 0.172. The molecule has 0 aromatic heterocycles. The van der Waals surface area contributed by atoms with Gasteiger partial charge < -0.3 is 9.47 Å². The van der Waals surface area contributed by atoms with E-state index >= 15 is 0 Å². The third kappa shape index (κ3) is 0.955. The molecule has 0 spiro atoms. The van der Waals surface area contributed by atoms with Crippen LogP contribution in [0.5, 0.6) is 0 Å². The number of hydrogen-bond donors (Lipinski definition) is 2. The molecule has 10 heavy (non-hydrogen) atoms. The minimum atomic E-state index is 0.172. The fourth-order valence-electron chi connectivity index (χ4n) is 1.15. The number of hydrazine groups is 1. The second kappa shape index (κ2) is 2.48. The highest BCUT2D eigenvalue weighted by molar-refractivity contribution is 4.86. The normalized spacial score (nSPS) is 37.6. The van der Waals surface area contributed by atoms with E-state index in [1.165, 1.54) is 0 Å².